The van der Waals surface area contributed by atoms with Gasteiger partial charge in [-0.05, 0) is 35.4 Å². The summed E-state index contributed by atoms with van der Waals surface area (Å²) >= 11 is 0. The van der Waals surface area contributed by atoms with Crippen molar-refractivity contribution >= 4 is 29.9 Å². The van der Waals surface area contributed by atoms with Gasteiger partial charge in [0.05, 0.1) is 27.4 Å². The van der Waals surface area contributed by atoms with Gasteiger partial charge in [0.25, 0.3) is 0 Å². The quantitative estimate of drug-likeness (QED) is 0.326. The van der Waals surface area contributed by atoms with Crippen molar-refractivity contribution in [2.24, 2.45) is 10.7 Å². The van der Waals surface area contributed by atoms with Crippen molar-refractivity contribution in [1.29, 1.82) is 0 Å². The number of aliphatic hydroxyl groups excluding tert-OH is 1. The number of ether oxygens (including phenoxy) is 2. The SMILES string of the molecule is COc1ccc(CNC(N)=NCc2ccc(F)c(CO)c2)cc1OC.I. The number of aliphatic hydroxyl groups is 1. The van der Waals surface area contributed by atoms with E-state index in [-0.39, 0.29) is 48.7 Å². The number of hydrogen-bond acceptors (Lipinski definition) is 4. The Labute approximate surface area is 169 Å². The Balaban J connectivity index is 0.00000338. The van der Waals surface area contributed by atoms with Gasteiger partial charge in [-0.15, -0.1) is 24.0 Å². The summed E-state index contributed by atoms with van der Waals surface area (Å²) in [4.78, 5) is 4.21. The number of nitrogens with one attached hydrogen (secondary N) is 1. The molecule has 0 saturated carbocycles. The molecule has 2 aromatic carbocycles. The molecule has 0 bridgehead atoms. The summed E-state index contributed by atoms with van der Waals surface area (Å²) in [5.41, 5.74) is 7.82. The molecule has 26 heavy (non-hydrogen) atoms. The van der Waals surface area contributed by atoms with E-state index in [1.807, 2.05) is 18.2 Å². The number of benzene rings is 2. The monoisotopic (exact) mass is 475 g/mol. The fraction of sp³-hybridized carbons (Fsp3) is 0.278. The van der Waals surface area contributed by atoms with Gasteiger partial charge in [0.15, 0.2) is 17.5 Å². The number of rotatable bonds is 7. The lowest BCUT2D eigenvalue weighted by Gasteiger charge is -2.10. The van der Waals surface area contributed by atoms with Crippen LogP contribution in [0.2, 0.25) is 0 Å². The highest BCUT2D eigenvalue weighted by molar-refractivity contribution is 14.0. The summed E-state index contributed by atoms with van der Waals surface area (Å²) in [7, 11) is 3.16. The molecule has 0 saturated heterocycles. The van der Waals surface area contributed by atoms with Crippen LogP contribution in [0.3, 0.4) is 0 Å². The minimum absolute atomic E-state index is 0. The van der Waals surface area contributed by atoms with Gasteiger partial charge in [-0.3, -0.25) is 0 Å². The van der Waals surface area contributed by atoms with E-state index in [2.05, 4.69) is 10.3 Å². The molecule has 142 valence electrons. The first-order valence-electron chi connectivity index (χ1n) is 7.70. The number of nitrogens with zero attached hydrogens (tertiary/aromatic N) is 1. The lowest BCUT2D eigenvalue weighted by molar-refractivity contribution is 0.275. The third kappa shape index (κ3) is 6.03. The summed E-state index contributed by atoms with van der Waals surface area (Å²) in [5, 5.41) is 12.1. The van der Waals surface area contributed by atoms with Crippen LogP contribution in [0.4, 0.5) is 4.39 Å². The van der Waals surface area contributed by atoms with Crippen LogP contribution >= 0.6 is 24.0 Å². The highest BCUT2D eigenvalue weighted by atomic mass is 127. The second kappa shape index (κ2) is 10.8. The fourth-order valence-corrected chi connectivity index (χ4v) is 2.26. The molecule has 8 heteroatoms. The van der Waals surface area contributed by atoms with Crippen LogP contribution < -0.4 is 20.5 Å². The maximum Gasteiger partial charge on any atom is 0.189 e. The van der Waals surface area contributed by atoms with Crippen molar-refractivity contribution in [2.45, 2.75) is 19.7 Å². The van der Waals surface area contributed by atoms with Crippen LogP contribution in [0.1, 0.15) is 16.7 Å². The molecule has 0 unspecified atom stereocenters. The molecule has 0 radical (unpaired) electrons. The van der Waals surface area contributed by atoms with Crippen molar-refractivity contribution in [2.75, 3.05) is 14.2 Å². The molecule has 0 fully saturated rings. The lowest BCUT2D eigenvalue weighted by Crippen LogP contribution is -2.31. The van der Waals surface area contributed by atoms with Gasteiger partial charge in [0.1, 0.15) is 5.82 Å². The molecule has 0 aliphatic rings. The third-order valence-electron chi connectivity index (χ3n) is 3.63. The molecule has 0 aliphatic heterocycles. The van der Waals surface area contributed by atoms with Gasteiger partial charge in [-0.2, -0.15) is 0 Å². The van der Waals surface area contributed by atoms with Crippen LogP contribution in [-0.4, -0.2) is 25.3 Å². The molecule has 0 aromatic heterocycles. The van der Waals surface area contributed by atoms with Crippen molar-refractivity contribution < 1.29 is 19.0 Å². The van der Waals surface area contributed by atoms with Crippen molar-refractivity contribution in [3.05, 3.63) is 58.9 Å². The second-order valence-electron chi connectivity index (χ2n) is 5.33. The number of nitrogens with two attached hydrogens (primary N) is 1. The van der Waals surface area contributed by atoms with E-state index >= 15 is 0 Å². The maximum absolute atomic E-state index is 13.3. The average molecular weight is 475 g/mol. The Morgan fingerprint density at radius 3 is 2.46 bits per heavy atom. The maximum atomic E-state index is 13.3. The van der Waals surface area contributed by atoms with E-state index in [1.165, 1.54) is 6.07 Å². The van der Waals surface area contributed by atoms with Crippen molar-refractivity contribution in [1.82, 2.24) is 5.32 Å². The largest absolute Gasteiger partial charge is 0.493 e. The third-order valence-corrected chi connectivity index (χ3v) is 3.63. The number of aliphatic imine (C=N–C) groups is 1. The Morgan fingerprint density at radius 2 is 1.81 bits per heavy atom. The van der Waals surface area contributed by atoms with E-state index in [0.717, 1.165) is 11.1 Å². The van der Waals surface area contributed by atoms with Gasteiger partial charge in [0.2, 0.25) is 0 Å². The highest BCUT2D eigenvalue weighted by Gasteiger charge is 2.05. The van der Waals surface area contributed by atoms with Crippen molar-refractivity contribution in [3.63, 3.8) is 0 Å². The van der Waals surface area contributed by atoms with Crippen LogP contribution in [0.5, 0.6) is 11.5 Å². The fourth-order valence-electron chi connectivity index (χ4n) is 2.26. The topological polar surface area (TPSA) is 89.1 Å². The smallest absolute Gasteiger partial charge is 0.189 e. The average Bonchev–Trinajstić information content (AvgIpc) is 2.65. The second-order valence-corrected chi connectivity index (χ2v) is 5.33. The summed E-state index contributed by atoms with van der Waals surface area (Å²) in [6.07, 6.45) is 0. The molecule has 4 N–H and O–H groups in total. The molecular weight excluding hydrogens is 452 g/mol. The van der Waals surface area contributed by atoms with E-state index < -0.39 is 5.82 Å². The van der Waals surface area contributed by atoms with Gasteiger partial charge < -0.3 is 25.6 Å². The highest BCUT2D eigenvalue weighted by Crippen LogP contribution is 2.27. The van der Waals surface area contributed by atoms with Gasteiger partial charge in [-0.1, -0.05) is 12.1 Å². The molecule has 0 spiro atoms. The predicted molar refractivity (Wildman–Crippen MR) is 109 cm³/mol. The normalized spacial score (nSPS) is 10.8. The molecule has 0 heterocycles. The predicted octanol–water partition coefficient (Wildman–Crippen LogP) is 2.56. The Morgan fingerprint density at radius 1 is 1.12 bits per heavy atom. The van der Waals surface area contributed by atoms with Gasteiger partial charge in [0, 0.05) is 12.1 Å². The van der Waals surface area contributed by atoms with Crippen LogP contribution in [0, 0.1) is 5.82 Å². The molecular formula is C18H23FIN3O3. The minimum Gasteiger partial charge on any atom is -0.493 e. The zero-order valence-electron chi connectivity index (χ0n) is 14.7. The number of methoxy groups -OCH3 is 2. The Kier molecular flexibility index (Phi) is 9.14. The summed E-state index contributed by atoms with van der Waals surface area (Å²) < 4.78 is 23.8. The van der Waals surface area contributed by atoms with E-state index in [0.29, 0.717) is 18.0 Å². The van der Waals surface area contributed by atoms with Gasteiger partial charge >= 0.3 is 0 Å². The number of hydrogen-bond donors (Lipinski definition) is 3. The Bertz CT molecular complexity index is 756. The first-order chi connectivity index (χ1) is 12.1. The Hall–Kier alpha value is -2.07. The molecule has 0 aliphatic carbocycles. The summed E-state index contributed by atoms with van der Waals surface area (Å²) in [6.45, 7) is 0.412. The zero-order chi connectivity index (χ0) is 18.2. The molecule has 6 nitrogen and oxygen atoms in total. The van der Waals surface area contributed by atoms with E-state index in [9.17, 15) is 4.39 Å². The summed E-state index contributed by atoms with van der Waals surface area (Å²) in [6, 6.07) is 10.1. The first kappa shape index (κ1) is 22.0. The first-order valence-corrected chi connectivity index (χ1v) is 7.70. The van der Waals surface area contributed by atoms with Crippen LogP contribution in [0.15, 0.2) is 41.4 Å². The van der Waals surface area contributed by atoms with Crippen LogP contribution in [-0.2, 0) is 19.7 Å². The number of guanidine groups is 1. The summed E-state index contributed by atoms with van der Waals surface area (Å²) in [5.74, 6) is 1.13. The zero-order valence-corrected chi connectivity index (χ0v) is 17.0. The molecule has 0 atom stereocenters. The van der Waals surface area contributed by atoms with E-state index in [1.54, 1.807) is 26.4 Å². The van der Waals surface area contributed by atoms with E-state index in [4.69, 9.17) is 20.3 Å². The standard InChI is InChI=1S/C18H22FN3O3.HI/c1-24-16-6-4-13(8-17(16)25-2)10-22-18(20)21-9-12-3-5-15(19)14(7-12)11-23;/h3-8,23H,9-11H2,1-2H3,(H3,20,21,22);1H. The molecule has 2 aromatic rings. The molecule has 2 rings (SSSR count). The van der Waals surface area contributed by atoms with Crippen LogP contribution in [0.25, 0.3) is 0 Å². The lowest BCUT2D eigenvalue weighted by atomic mass is 10.1. The minimum atomic E-state index is -0.435. The van der Waals surface area contributed by atoms with Gasteiger partial charge in [-0.25, -0.2) is 9.38 Å². The molecule has 0 amide bonds. The van der Waals surface area contributed by atoms with Crippen molar-refractivity contribution in [3.8, 4) is 11.5 Å². The number of halogens is 2.